The van der Waals surface area contributed by atoms with Gasteiger partial charge >= 0.3 is 0 Å². The number of aromatic nitrogens is 3. The van der Waals surface area contributed by atoms with E-state index in [-0.39, 0.29) is 5.91 Å². The first kappa shape index (κ1) is 13.9. The van der Waals surface area contributed by atoms with E-state index in [0.29, 0.717) is 12.1 Å². The van der Waals surface area contributed by atoms with Gasteiger partial charge in [-0.3, -0.25) is 9.48 Å². The molecule has 2 N–H and O–H groups in total. The van der Waals surface area contributed by atoms with Crippen LogP contribution in [0.15, 0.2) is 30.7 Å². The van der Waals surface area contributed by atoms with Crippen molar-refractivity contribution in [2.24, 2.45) is 7.05 Å². The monoisotopic (exact) mass is 288 g/mol. The lowest BCUT2D eigenvalue weighted by Crippen LogP contribution is -2.40. The van der Waals surface area contributed by atoms with Gasteiger partial charge in [0.2, 0.25) is 0 Å². The molecule has 0 atom stereocenters. The van der Waals surface area contributed by atoms with E-state index in [9.17, 15) is 9.90 Å². The molecule has 0 aromatic carbocycles. The van der Waals surface area contributed by atoms with Gasteiger partial charge in [0.1, 0.15) is 11.4 Å². The third-order valence-electron chi connectivity index (χ3n) is 4.11. The minimum atomic E-state index is -0.745. The van der Waals surface area contributed by atoms with Crippen LogP contribution in [0.1, 0.15) is 36.0 Å². The van der Waals surface area contributed by atoms with Crippen LogP contribution in [0.4, 0.5) is 0 Å². The van der Waals surface area contributed by atoms with Crippen LogP contribution in [0.2, 0.25) is 0 Å². The highest BCUT2D eigenvalue weighted by Crippen LogP contribution is 2.28. The van der Waals surface area contributed by atoms with Crippen molar-refractivity contribution in [3.05, 3.63) is 36.3 Å². The van der Waals surface area contributed by atoms with E-state index in [1.54, 1.807) is 17.9 Å². The molecule has 0 aliphatic heterocycles. The molecule has 1 fully saturated rings. The largest absolute Gasteiger partial charge is 0.388 e. The normalized spacial score (nSPS) is 17.0. The molecule has 112 valence electrons. The average molecular weight is 288 g/mol. The molecule has 1 aliphatic carbocycles. The van der Waals surface area contributed by atoms with E-state index in [4.69, 9.17) is 0 Å². The van der Waals surface area contributed by atoms with Crippen molar-refractivity contribution in [3.8, 4) is 5.82 Å². The Balaban J connectivity index is 1.76. The van der Waals surface area contributed by atoms with Gasteiger partial charge in [-0.1, -0.05) is 12.8 Å². The molecule has 0 radical (unpaired) electrons. The molecule has 1 amide bonds. The van der Waals surface area contributed by atoms with E-state index in [1.165, 1.54) is 0 Å². The highest BCUT2D eigenvalue weighted by atomic mass is 16.3. The van der Waals surface area contributed by atoms with Gasteiger partial charge in [-0.15, -0.1) is 0 Å². The van der Waals surface area contributed by atoms with E-state index in [2.05, 4.69) is 10.4 Å². The molecule has 6 nitrogen and oxygen atoms in total. The molecule has 1 saturated carbocycles. The van der Waals surface area contributed by atoms with Crippen LogP contribution >= 0.6 is 0 Å². The van der Waals surface area contributed by atoms with Crippen LogP contribution in [-0.4, -0.2) is 37.5 Å². The molecule has 0 bridgehead atoms. The fourth-order valence-corrected chi connectivity index (χ4v) is 2.92. The van der Waals surface area contributed by atoms with Crippen LogP contribution in [0, 0.1) is 0 Å². The molecule has 2 aromatic rings. The smallest absolute Gasteiger partial charge is 0.256 e. The van der Waals surface area contributed by atoms with Crippen molar-refractivity contribution in [1.82, 2.24) is 19.7 Å². The quantitative estimate of drug-likeness (QED) is 0.889. The van der Waals surface area contributed by atoms with E-state index < -0.39 is 5.60 Å². The summed E-state index contributed by atoms with van der Waals surface area (Å²) in [5.74, 6) is 0.517. The van der Waals surface area contributed by atoms with E-state index in [1.807, 2.05) is 29.1 Å². The lowest BCUT2D eigenvalue weighted by molar-refractivity contribution is 0.0449. The maximum absolute atomic E-state index is 12.4. The first-order chi connectivity index (χ1) is 10.1. The highest BCUT2D eigenvalue weighted by Gasteiger charge is 2.31. The molecular formula is C15H20N4O2. The second-order valence-corrected chi connectivity index (χ2v) is 5.71. The van der Waals surface area contributed by atoms with E-state index >= 15 is 0 Å². The highest BCUT2D eigenvalue weighted by molar-refractivity contribution is 5.97. The topological polar surface area (TPSA) is 72.1 Å². The summed E-state index contributed by atoms with van der Waals surface area (Å²) < 4.78 is 3.52. The molecule has 0 saturated heterocycles. The third-order valence-corrected chi connectivity index (χ3v) is 4.11. The van der Waals surface area contributed by atoms with Gasteiger partial charge in [0, 0.05) is 26.0 Å². The summed E-state index contributed by atoms with van der Waals surface area (Å²) >= 11 is 0. The van der Waals surface area contributed by atoms with Gasteiger partial charge in [0.05, 0.1) is 11.8 Å². The Labute approximate surface area is 123 Å². The van der Waals surface area contributed by atoms with Gasteiger partial charge in [-0.25, -0.2) is 0 Å². The van der Waals surface area contributed by atoms with Gasteiger partial charge in [-0.2, -0.15) is 5.10 Å². The third kappa shape index (κ3) is 2.71. The Morgan fingerprint density at radius 3 is 2.71 bits per heavy atom. The number of nitrogens with zero attached hydrogens (tertiary/aromatic N) is 3. The lowest BCUT2D eigenvalue weighted by Gasteiger charge is -2.22. The van der Waals surface area contributed by atoms with Crippen LogP contribution in [-0.2, 0) is 7.05 Å². The molecule has 0 spiro atoms. The molecule has 6 heteroatoms. The summed E-state index contributed by atoms with van der Waals surface area (Å²) in [7, 11) is 1.80. The molecule has 21 heavy (non-hydrogen) atoms. The van der Waals surface area contributed by atoms with Crippen molar-refractivity contribution < 1.29 is 9.90 Å². The summed E-state index contributed by atoms with van der Waals surface area (Å²) in [5, 5.41) is 17.3. The standard InChI is InChI=1S/C15H20N4O2/c1-18-14(19-8-4-5-9-19)12(10-17-18)13(20)16-11-15(21)6-2-3-7-15/h4-5,8-10,21H,2-3,6-7,11H2,1H3,(H,16,20). The summed E-state index contributed by atoms with van der Waals surface area (Å²) in [6.45, 7) is 0.297. The van der Waals surface area contributed by atoms with Gasteiger partial charge in [-0.05, 0) is 25.0 Å². The second-order valence-electron chi connectivity index (χ2n) is 5.71. The van der Waals surface area contributed by atoms with Crippen molar-refractivity contribution in [2.45, 2.75) is 31.3 Å². The molecule has 3 rings (SSSR count). The van der Waals surface area contributed by atoms with Gasteiger partial charge in [0.25, 0.3) is 5.91 Å². The second kappa shape index (κ2) is 5.37. The summed E-state index contributed by atoms with van der Waals surface area (Å²) in [4.78, 5) is 12.4. The number of carbonyl (C=O) groups excluding carboxylic acids is 1. The first-order valence-electron chi connectivity index (χ1n) is 7.25. The Hall–Kier alpha value is -2.08. The molecule has 2 heterocycles. The average Bonchev–Trinajstić information content (AvgIpc) is 3.17. The van der Waals surface area contributed by atoms with Crippen LogP contribution in [0.25, 0.3) is 5.82 Å². The maximum atomic E-state index is 12.4. The summed E-state index contributed by atoms with van der Waals surface area (Å²) in [6.07, 6.45) is 8.86. The van der Waals surface area contributed by atoms with Gasteiger partial charge < -0.3 is 15.0 Å². The summed E-state index contributed by atoms with van der Waals surface area (Å²) in [6, 6.07) is 3.80. The number of nitrogens with one attached hydrogen (secondary N) is 1. The zero-order chi connectivity index (χ0) is 14.9. The predicted molar refractivity (Wildman–Crippen MR) is 78.3 cm³/mol. The maximum Gasteiger partial charge on any atom is 0.256 e. The van der Waals surface area contributed by atoms with Gasteiger partial charge in [0.15, 0.2) is 0 Å². The molecular weight excluding hydrogens is 268 g/mol. The zero-order valence-electron chi connectivity index (χ0n) is 12.1. The van der Waals surface area contributed by atoms with Crippen molar-refractivity contribution in [3.63, 3.8) is 0 Å². The lowest BCUT2D eigenvalue weighted by atomic mass is 10.0. The number of hydrogen-bond acceptors (Lipinski definition) is 3. The van der Waals surface area contributed by atoms with Crippen molar-refractivity contribution >= 4 is 5.91 Å². The van der Waals surface area contributed by atoms with Crippen LogP contribution < -0.4 is 5.32 Å². The van der Waals surface area contributed by atoms with Crippen LogP contribution in [0.3, 0.4) is 0 Å². The minimum Gasteiger partial charge on any atom is -0.388 e. The zero-order valence-corrected chi connectivity index (χ0v) is 12.1. The fraction of sp³-hybridized carbons (Fsp3) is 0.467. The molecule has 1 aliphatic rings. The molecule has 0 unspecified atom stereocenters. The fourth-order valence-electron chi connectivity index (χ4n) is 2.92. The van der Waals surface area contributed by atoms with E-state index in [0.717, 1.165) is 31.5 Å². The van der Waals surface area contributed by atoms with Crippen LogP contribution in [0.5, 0.6) is 0 Å². The Bertz CT molecular complexity index is 624. The first-order valence-corrected chi connectivity index (χ1v) is 7.25. The SMILES string of the molecule is Cn1ncc(C(=O)NCC2(O)CCCC2)c1-n1cccc1. The minimum absolute atomic E-state index is 0.202. The molecule has 2 aromatic heterocycles. The number of carbonyl (C=O) groups is 1. The number of aliphatic hydroxyl groups is 1. The number of rotatable bonds is 4. The Morgan fingerprint density at radius 1 is 1.38 bits per heavy atom. The Morgan fingerprint density at radius 2 is 2.05 bits per heavy atom. The van der Waals surface area contributed by atoms with Crippen molar-refractivity contribution in [1.29, 1.82) is 0 Å². The number of aryl methyl sites for hydroxylation is 1. The van der Waals surface area contributed by atoms with Crippen molar-refractivity contribution in [2.75, 3.05) is 6.54 Å². The predicted octanol–water partition coefficient (Wildman–Crippen LogP) is 1.25. The summed E-state index contributed by atoms with van der Waals surface area (Å²) in [5.41, 5.74) is -0.235. The number of hydrogen-bond donors (Lipinski definition) is 2. The number of amides is 1. The Kier molecular flexibility index (Phi) is 3.55.